The topological polar surface area (TPSA) is 12.0 Å². The Morgan fingerprint density at radius 1 is 1.40 bits per heavy atom. The number of rotatable bonds is 3. The van der Waals surface area contributed by atoms with Gasteiger partial charge in [-0.25, -0.2) is 0 Å². The van der Waals surface area contributed by atoms with Crippen molar-refractivity contribution in [3.63, 3.8) is 0 Å². The second kappa shape index (κ2) is 3.97. The molecule has 0 radical (unpaired) electrons. The molecule has 0 amide bonds. The summed E-state index contributed by atoms with van der Waals surface area (Å²) in [5, 5.41) is 3.29. The molecule has 0 heterocycles. The van der Waals surface area contributed by atoms with E-state index in [1.54, 1.807) is 0 Å². The van der Waals surface area contributed by atoms with Crippen molar-refractivity contribution >= 4 is 0 Å². The van der Waals surface area contributed by atoms with Crippen molar-refractivity contribution in [2.45, 2.75) is 45.1 Å². The Bertz CT molecular complexity index is 84.7. The molecule has 1 fully saturated rings. The van der Waals surface area contributed by atoms with Crippen molar-refractivity contribution < 1.29 is 0 Å². The largest absolute Gasteiger partial charge is 0.317 e. The first-order valence-corrected chi connectivity index (χ1v) is 4.50. The predicted molar refractivity (Wildman–Crippen MR) is 45.1 cm³/mol. The van der Waals surface area contributed by atoms with Gasteiger partial charge in [-0.15, -0.1) is 0 Å². The maximum absolute atomic E-state index is 3.29. The van der Waals surface area contributed by atoms with Crippen LogP contribution in [0.5, 0.6) is 0 Å². The second-order valence-corrected chi connectivity index (χ2v) is 3.58. The molecule has 1 aliphatic carbocycles. The van der Waals surface area contributed by atoms with E-state index in [-0.39, 0.29) is 0 Å². The smallest absolute Gasteiger partial charge is 0.00383 e. The first kappa shape index (κ1) is 8.06. The highest BCUT2D eigenvalue weighted by Gasteiger charge is 2.16. The Labute approximate surface area is 64.2 Å². The van der Waals surface area contributed by atoms with Gasteiger partial charge in [0, 0.05) is 6.04 Å². The summed E-state index contributed by atoms with van der Waals surface area (Å²) in [5.74, 6) is 1.03. The highest BCUT2D eigenvalue weighted by atomic mass is 14.8. The van der Waals surface area contributed by atoms with Crippen LogP contribution >= 0.6 is 0 Å². The molecule has 0 aromatic carbocycles. The van der Waals surface area contributed by atoms with Gasteiger partial charge in [-0.3, -0.25) is 0 Å². The Hall–Kier alpha value is -0.0400. The van der Waals surface area contributed by atoms with E-state index in [2.05, 4.69) is 19.3 Å². The Kier molecular flexibility index (Phi) is 3.20. The minimum atomic E-state index is 0.725. The normalized spacial score (nSPS) is 23.4. The van der Waals surface area contributed by atoms with Gasteiger partial charge < -0.3 is 5.32 Å². The van der Waals surface area contributed by atoms with E-state index >= 15 is 0 Å². The Balaban J connectivity index is 2.11. The molecular formula is C9H19N. The third kappa shape index (κ3) is 2.30. The average Bonchev–Trinajstić information content (AvgIpc) is 2.40. The van der Waals surface area contributed by atoms with Crippen molar-refractivity contribution in [1.29, 1.82) is 0 Å². The van der Waals surface area contributed by atoms with Crippen LogP contribution in [0.1, 0.15) is 39.0 Å². The summed E-state index contributed by atoms with van der Waals surface area (Å²) in [4.78, 5) is 0. The third-order valence-electron chi connectivity index (χ3n) is 2.65. The number of hydrogen-bond donors (Lipinski definition) is 1. The van der Waals surface area contributed by atoms with Crippen molar-refractivity contribution in [2.24, 2.45) is 5.92 Å². The van der Waals surface area contributed by atoms with Crippen LogP contribution < -0.4 is 5.32 Å². The fraction of sp³-hybridized carbons (Fsp3) is 1.00. The molecule has 1 nitrogen and oxygen atoms in total. The zero-order chi connectivity index (χ0) is 7.40. The van der Waals surface area contributed by atoms with Crippen molar-refractivity contribution in [1.82, 2.24) is 5.32 Å². The lowest BCUT2D eigenvalue weighted by atomic mass is 10.00. The summed E-state index contributed by atoms with van der Waals surface area (Å²) in [6.07, 6.45) is 7.29. The Morgan fingerprint density at radius 3 is 2.50 bits per heavy atom. The van der Waals surface area contributed by atoms with Crippen LogP contribution in [-0.4, -0.2) is 13.1 Å². The van der Waals surface area contributed by atoms with Crippen LogP contribution in [0.3, 0.4) is 0 Å². The molecule has 1 heteroatoms. The fourth-order valence-electron chi connectivity index (χ4n) is 1.86. The zero-order valence-electron chi connectivity index (χ0n) is 7.19. The molecule has 1 N–H and O–H groups in total. The minimum Gasteiger partial charge on any atom is -0.317 e. The SMILES string of the molecule is CN[C@H](C)CC1CCCC1. The van der Waals surface area contributed by atoms with Gasteiger partial charge in [-0.05, 0) is 26.3 Å². The highest BCUT2D eigenvalue weighted by Crippen LogP contribution is 2.28. The van der Waals surface area contributed by atoms with Crippen molar-refractivity contribution in [3.05, 3.63) is 0 Å². The van der Waals surface area contributed by atoms with E-state index in [0.717, 1.165) is 12.0 Å². The lowest BCUT2D eigenvalue weighted by Crippen LogP contribution is -2.23. The van der Waals surface area contributed by atoms with Gasteiger partial charge >= 0.3 is 0 Å². The molecular weight excluding hydrogens is 122 g/mol. The van der Waals surface area contributed by atoms with Gasteiger partial charge in [-0.1, -0.05) is 25.7 Å². The number of nitrogens with one attached hydrogen (secondary N) is 1. The highest BCUT2D eigenvalue weighted by molar-refractivity contribution is 4.71. The molecule has 0 aromatic heterocycles. The summed E-state index contributed by atoms with van der Waals surface area (Å²) in [6.45, 7) is 2.28. The van der Waals surface area contributed by atoms with Gasteiger partial charge in [0.05, 0.1) is 0 Å². The standard InChI is InChI=1S/C9H19N/c1-8(10-2)7-9-5-3-4-6-9/h8-10H,3-7H2,1-2H3/t8-/m1/s1. The lowest BCUT2D eigenvalue weighted by Gasteiger charge is -2.14. The van der Waals surface area contributed by atoms with E-state index in [1.807, 2.05) is 0 Å². The molecule has 1 atom stereocenters. The summed E-state index contributed by atoms with van der Waals surface area (Å²) in [7, 11) is 2.06. The summed E-state index contributed by atoms with van der Waals surface area (Å²) in [6, 6.07) is 0.725. The average molecular weight is 141 g/mol. The van der Waals surface area contributed by atoms with E-state index in [0.29, 0.717) is 0 Å². The summed E-state index contributed by atoms with van der Waals surface area (Å²) >= 11 is 0. The maximum atomic E-state index is 3.29. The molecule has 0 aliphatic heterocycles. The van der Waals surface area contributed by atoms with E-state index in [9.17, 15) is 0 Å². The lowest BCUT2D eigenvalue weighted by molar-refractivity contribution is 0.424. The molecule has 1 aliphatic rings. The first-order chi connectivity index (χ1) is 4.83. The van der Waals surface area contributed by atoms with Gasteiger partial charge in [0.2, 0.25) is 0 Å². The van der Waals surface area contributed by atoms with E-state index < -0.39 is 0 Å². The zero-order valence-corrected chi connectivity index (χ0v) is 7.19. The van der Waals surface area contributed by atoms with Crippen molar-refractivity contribution in [2.75, 3.05) is 7.05 Å². The first-order valence-electron chi connectivity index (χ1n) is 4.50. The molecule has 1 saturated carbocycles. The summed E-state index contributed by atoms with van der Waals surface area (Å²) in [5.41, 5.74) is 0. The maximum Gasteiger partial charge on any atom is 0.00383 e. The molecule has 10 heavy (non-hydrogen) atoms. The van der Waals surface area contributed by atoms with E-state index in [1.165, 1.54) is 32.1 Å². The second-order valence-electron chi connectivity index (χ2n) is 3.58. The third-order valence-corrected chi connectivity index (χ3v) is 2.65. The predicted octanol–water partition coefficient (Wildman–Crippen LogP) is 2.17. The van der Waals surface area contributed by atoms with Crippen LogP contribution in [0.25, 0.3) is 0 Å². The molecule has 0 aromatic rings. The van der Waals surface area contributed by atoms with Gasteiger partial charge in [0.15, 0.2) is 0 Å². The fourth-order valence-corrected chi connectivity index (χ4v) is 1.86. The van der Waals surface area contributed by atoms with Crippen LogP contribution in [0.2, 0.25) is 0 Å². The molecule has 1 rings (SSSR count). The van der Waals surface area contributed by atoms with Crippen LogP contribution in [0.4, 0.5) is 0 Å². The molecule has 0 saturated heterocycles. The van der Waals surface area contributed by atoms with Crippen LogP contribution in [-0.2, 0) is 0 Å². The molecule has 0 bridgehead atoms. The molecule has 0 unspecified atom stereocenters. The monoisotopic (exact) mass is 141 g/mol. The van der Waals surface area contributed by atoms with Crippen molar-refractivity contribution in [3.8, 4) is 0 Å². The quantitative estimate of drug-likeness (QED) is 0.635. The minimum absolute atomic E-state index is 0.725. The van der Waals surface area contributed by atoms with Crippen LogP contribution in [0.15, 0.2) is 0 Å². The van der Waals surface area contributed by atoms with E-state index in [4.69, 9.17) is 0 Å². The Morgan fingerprint density at radius 2 is 2.00 bits per heavy atom. The van der Waals surface area contributed by atoms with Gasteiger partial charge in [0.1, 0.15) is 0 Å². The van der Waals surface area contributed by atoms with Gasteiger partial charge in [0.25, 0.3) is 0 Å². The number of hydrogen-bond acceptors (Lipinski definition) is 1. The molecule has 60 valence electrons. The summed E-state index contributed by atoms with van der Waals surface area (Å²) < 4.78 is 0. The molecule has 0 spiro atoms. The van der Waals surface area contributed by atoms with Crippen LogP contribution in [0, 0.1) is 5.92 Å². The van der Waals surface area contributed by atoms with Gasteiger partial charge in [-0.2, -0.15) is 0 Å².